The van der Waals surface area contributed by atoms with Gasteiger partial charge in [-0.05, 0) is 24.1 Å². The van der Waals surface area contributed by atoms with Crippen LogP contribution in [0.15, 0.2) is 47.7 Å². The summed E-state index contributed by atoms with van der Waals surface area (Å²) in [7, 11) is 0. The first-order valence-electron chi connectivity index (χ1n) is 9.71. The molecule has 0 unspecified atom stereocenters. The quantitative estimate of drug-likeness (QED) is 0.544. The fraction of sp³-hybridized carbons (Fsp3) is 0.500. The van der Waals surface area contributed by atoms with Crippen LogP contribution in [-0.2, 0) is 24.4 Å². The fourth-order valence-corrected chi connectivity index (χ4v) is 3.09. The van der Waals surface area contributed by atoms with E-state index in [-0.39, 0.29) is 0 Å². The Hall–Kier alpha value is -2.38. The zero-order valence-corrected chi connectivity index (χ0v) is 16.1. The molecular weight excluding hydrogens is 340 g/mol. The number of guanidine groups is 1. The molecule has 0 aliphatic carbocycles. The fourth-order valence-electron chi connectivity index (χ4n) is 3.09. The van der Waals surface area contributed by atoms with Crippen molar-refractivity contribution in [2.75, 3.05) is 39.4 Å². The summed E-state index contributed by atoms with van der Waals surface area (Å²) in [6.45, 7) is 9.77. The van der Waals surface area contributed by atoms with E-state index in [2.05, 4.69) is 51.8 Å². The largest absolute Gasteiger partial charge is 0.379 e. The van der Waals surface area contributed by atoms with E-state index in [1.807, 2.05) is 16.9 Å². The van der Waals surface area contributed by atoms with E-state index in [4.69, 9.17) is 9.73 Å². The minimum Gasteiger partial charge on any atom is -0.379 e. The molecule has 0 atom stereocenters. The molecule has 146 valence electrons. The van der Waals surface area contributed by atoms with Gasteiger partial charge in [-0.15, -0.1) is 0 Å². The number of aromatic nitrogens is 2. The van der Waals surface area contributed by atoms with E-state index < -0.39 is 0 Å². The molecule has 2 heterocycles. The highest BCUT2D eigenvalue weighted by Gasteiger charge is 2.12. The molecule has 1 aromatic carbocycles. The molecule has 1 aliphatic rings. The Labute approximate surface area is 161 Å². The summed E-state index contributed by atoms with van der Waals surface area (Å²) in [5.74, 6) is 0.839. The van der Waals surface area contributed by atoms with E-state index >= 15 is 0 Å². The number of hydrogen-bond donors (Lipinski definition) is 2. The summed E-state index contributed by atoms with van der Waals surface area (Å²) >= 11 is 0. The van der Waals surface area contributed by atoms with Crippen LogP contribution in [0.1, 0.15) is 18.1 Å². The standard InChI is InChI=1S/C20H30N6O/c1-2-21-20(22-9-11-26-10-5-8-24-26)23-16-18-6-3-4-7-19(18)17-25-12-14-27-15-13-25/h3-8,10H,2,9,11-17H2,1H3,(H2,21,22,23). The first-order valence-corrected chi connectivity index (χ1v) is 9.71. The molecule has 1 saturated heterocycles. The van der Waals surface area contributed by atoms with Crippen molar-refractivity contribution in [2.45, 2.75) is 26.6 Å². The molecule has 0 amide bonds. The van der Waals surface area contributed by atoms with Gasteiger partial charge in [0.15, 0.2) is 5.96 Å². The minimum atomic E-state index is 0.664. The third kappa shape index (κ3) is 6.37. The molecule has 0 spiro atoms. The Morgan fingerprint density at radius 2 is 1.96 bits per heavy atom. The Morgan fingerprint density at radius 3 is 2.70 bits per heavy atom. The summed E-state index contributed by atoms with van der Waals surface area (Å²) in [5, 5.41) is 10.9. The second-order valence-electron chi connectivity index (χ2n) is 6.55. The molecule has 0 bridgehead atoms. The second-order valence-corrected chi connectivity index (χ2v) is 6.55. The van der Waals surface area contributed by atoms with Crippen molar-refractivity contribution in [2.24, 2.45) is 4.99 Å². The van der Waals surface area contributed by atoms with Crippen molar-refractivity contribution >= 4 is 5.96 Å². The van der Waals surface area contributed by atoms with Crippen molar-refractivity contribution < 1.29 is 4.74 Å². The SMILES string of the molecule is CCNC(=NCc1ccccc1CN1CCOCC1)NCCn1cccn1. The smallest absolute Gasteiger partial charge is 0.191 e. The van der Waals surface area contributed by atoms with Crippen molar-refractivity contribution in [3.8, 4) is 0 Å². The normalized spacial score (nSPS) is 15.7. The van der Waals surface area contributed by atoms with Crippen LogP contribution in [-0.4, -0.2) is 60.0 Å². The summed E-state index contributed by atoms with van der Waals surface area (Å²) in [5.41, 5.74) is 2.61. The van der Waals surface area contributed by atoms with Gasteiger partial charge in [-0.25, -0.2) is 4.99 Å². The van der Waals surface area contributed by atoms with Crippen LogP contribution in [0, 0.1) is 0 Å². The topological polar surface area (TPSA) is 66.7 Å². The van der Waals surface area contributed by atoms with Crippen molar-refractivity contribution in [1.82, 2.24) is 25.3 Å². The third-order valence-corrected chi connectivity index (χ3v) is 4.56. The lowest BCUT2D eigenvalue weighted by Crippen LogP contribution is -2.39. The molecule has 7 nitrogen and oxygen atoms in total. The predicted molar refractivity (Wildman–Crippen MR) is 108 cm³/mol. The number of morpholine rings is 1. The molecule has 3 rings (SSSR count). The van der Waals surface area contributed by atoms with E-state index in [9.17, 15) is 0 Å². The monoisotopic (exact) mass is 370 g/mol. The third-order valence-electron chi connectivity index (χ3n) is 4.56. The Kier molecular flexibility index (Phi) is 7.68. The van der Waals surface area contributed by atoms with Gasteiger partial charge in [0.1, 0.15) is 0 Å². The lowest BCUT2D eigenvalue weighted by Gasteiger charge is -2.27. The molecule has 1 aromatic heterocycles. The van der Waals surface area contributed by atoms with Crippen molar-refractivity contribution in [3.05, 3.63) is 53.9 Å². The first-order chi connectivity index (χ1) is 13.3. The van der Waals surface area contributed by atoms with Crippen LogP contribution in [0.4, 0.5) is 0 Å². The maximum absolute atomic E-state index is 5.45. The highest BCUT2D eigenvalue weighted by atomic mass is 16.5. The molecule has 2 N–H and O–H groups in total. The predicted octanol–water partition coefficient (Wildman–Crippen LogP) is 1.47. The van der Waals surface area contributed by atoms with Gasteiger partial charge in [0, 0.05) is 45.1 Å². The minimum absolute atomic E-state index is 0.664. The van der Waals surface area contributed by atoms with Gasteiger partial charge in [0.25, 0.3) is 0 Å². The second kappa shape index (κ2) is 10.7. The van der Waals surface area contributed by atoms with Crippen molar-refractivity contribution in [3.63, 3.8) is 0 Å². The van der Waals surface area contributed by atoms with Gasteiger partial charge in [-0.3, -0.25) is 9.58 Å². The van der Waals surface area contributed by atoms with E-state index in [0.29, 0.717) is 6.54 Å². The lowest BCUT2D eigenvalue weighted by molar-refractivity contribution is 0.0341. The Morgan fingerprint density at radius 1 is 1.15 bits per heavy atom. The Bertz CT molecular complexity index is 694. The van der Waals surface area contributed by atoms with Crippen LogP contribution in [0.25, 0.3) is 0 Å². The molecule has 0 radical (unpaired) electrons. The number of rotatable bonds is 8. The number of aliphatic imine (C=N–C) groups is 1. The average molecular weight is 371 g/mol. The van der Waals surface area contributed by atoms with Gasteiger partial charge in [0.2, 0.25) is 0 Å². The lowest BCUT2D eigenvalue weighted by atomic mass is 10.1. The maximum Gasteiger partial charge on any atom is 0.191 e. The molecule has 0 saturated carbocycles. The summed E-state index contributed by atoms with van der Waals surface area (Å²) < 4.78 is 7.36. The van der Waals surface area contributed by atoms with Crippen LogP contribution in [0.3, 0.4) is 0 Å². The zero-order valence-electron chi connectivity index (χ0n) is 16.1. The van der Waals surface area contributed by atoms with Crippen LogP contribution >= 0.6 is 0 Å². The number of nitrogens with zero attached hydrogens (tertiary/aromatic N) is 4. The zero-order chi connectivity index (χ0) is 18.7. The molecule has 27 heavy (non-hydrogen) atoms. The summed E-state index contributed by atoms with van der Waals surface area (Å²) in [4.78, 5) is 7.22. The van der Waals surface area contributed by atoms with Crippen LogP contribution in [0.5, 0.6) is 0 Å². The average Bonchev–Trinajstić information content (AvgIpc) is 3.21. The highest BCUT2D eigenvalue weighted by Crippen LogP contribution is 2.14. The van der Waals surface area contributed by atoms with Gasteiger partial charge < -0.3 is 15.4 Å². The Balaban J connectivity index is 1.57. The van der Waals surface area contributed by atoms with Crippen LogP contribution < -0.4 is 10.6 Å². The molecule has 1 fully saturated rings. The van der Waals surface area contributed by atoms with Crippen molar-refractivity contribution in [1.29, 1.82) is 0 Å². The number of ether oxygens (including phenoxy) is 1. The molecular formula is C20H30N6O. The van der Waals surface area contributed by atoms with E-state index in [1.165, 1.54) is 11.1 Å². The number of benzene rings is 1. The molecule has 2 aromatic rings. The highest BCUT2D eigenvalue weighted by molar-refractivity contribution is 5.79. The number of nitrogens with one attached hydrogen (secondary N) is 2. The first kappa shape index (κ1) is 19.4. The maximum atomic E-state index is 5.45. The molecule has 1 aliphatic heterocycles. The van der Waals surface area contributed by atoms with E-state index in [1.54, 1.807) is 6.20 Å². The van der Waals surface area contributed by atoms with Gasteiger partial charge in [-0.1, -0.05) is 24.3 Å². The van der Waals surface area contributed by atoms with E-state index in [0.717, 1.165) is 58.4 Å². The van der Waals surface area contributed by atoms with Gasteiger partial charge in [0.05, 0.1) is 26.3 Å². The summed E-state index contributed by atoms with van der Waals surface area (Å²) in [6.07, 6.45) is 3.76. The summed E-state index contributed by atoms with van der Waals surface area (Å²) in [6, 6.07) is 10.5. The number of hydrogen-bond acceptors (Lipinski definition) is 4. The van der Waals surface area contributed by atoms with Gasteiger partial charge in [-0.2, -0.15) is 5.10 Å². The molecule has 7 heteroatoms. The van der Waals surface area contributed by atoms with Gasteiger partial charge >= 0.3 is 0 Å². The van der Waals surface area contributed by atoms with Crippen LogP contribution in [0.2, 0.25) is 0 Å².